The molecule has 0 aliphatic rings. The van der Waals surface area contributed by atoms with Crippen molar-refractivity contribution in [2.75, 3.05) is 0 Å². The molecule has 0 fully saturated rings. The van der Waals surface area contributed by atoms with Crippen molar-refractivity contribution >= 4 is 27.5 Å². The van der Waals surface area contributed by atoms with Crippen LogP contribution >= 0.6 is 27.5 Å². The minimum Gasteiger partial charge on any atom is -0.0843 e. The van der Waals surface area contributed by atoms with Crippen molar-refractivity contribution < 1.29 is 15.1 Å². The highest BCUT2D eigenvalue weighted by Crippen LogP contribution is 2.30. The Morgan fingerprint density at radius 1 is 0.750 bits per heavy atom. The maximum atomic E-state index is 8.64. The van der Waals surface area contributed by atoms with Crippen LogP contribution in [0.2, 0.25) is 5.02 Å². The summed E-state index contributed by atoms with van der Waals surface area (Å²) in [6, 6.07) is -5.25. The van der Waals surface area contributed by atoms with Gasteiger partial charge in [-0.25, -0.2) is 0 Å². The zero-order valence-corrected chi connectivity index (χ0v) is 12.2. The predicted octanol–water partition coefficient (Wildman–Crippen LogP) is 6.44. The van der Waals surface area contributed by atoms with Gasteiger partial charge in [-0.1, -0.05) is 75.9 Å². The Balaban J connectivity index is 2.58. The molecule has 0 amide bonds. The minimum atomic E-state index is -0.678. The summed E-state index contributed by atoms with van der Waals surface area (Å²) in [5.41, 5.74) is -1.52. The number of halogens is 2. The third kappa shape index (κ3) is 2.95. The molecule has 3 aromatic rings. The molecule has 0 aliphatic heterocycles. The number of benzene rings is 3. The third-order valence-electron chi connectivity index (χ3n) is 2.37. The van der Waals surface area contributed by atoms with Crippen LogP contribution < -0.4 is 0 Å². The van der Waals surface area contributed by atoms with Crippen LogP contribution in [0.1, 0.15) is 15.1 Å². The Hall–Kier alpha value is -1.57. The summed E-state index contributed by atoms with van der Waals surface area (Å²) in [5, 5.41) is -0.0810. The number of hydrogen-bond donors (Lipinski definition) is 0. The molecule has 0 bridgehead atoms. The normalized spacial score (nSPS) is 18.2. The summed E-state index contributed by atoms with van der Waals surface area (Å²) in [5.74, 6) is 0. The van der Waals surface area contributed by atoms with Gasteiger partial charge in [0.15, 0.2) is 0 Å². The SMILES string of the molecule is [2H]c1c([2H])c([2H])c(-c2c([2H])c([2H])c([2H])c(-c3c([2H])c(Cl)cc(Br)c3[2H])c2[2H])c([2H])c1[2H]. The molecule has 3 aromatic carbocycles. The van der Waals surface area contributed by atoms with E-state index in [0.29, 0.717) is 0 Å². The van der Waals surface area contributed by atoms with Crippen LogP contribution in [0.4, 0.5) is 0 Å². The highest BCUT2D eigenvalue weighted by molar-refractivity contribution is 9.10. The van der Waals surface area contributed by atoms with Crippen LogP contribution in [0.15, 0.2) is 77.0 Å². The van der Waals surface area contributed by atoms with Gasteiger partial charge in [0, 0.05) is 9.50 Å². The van der Waals surface area contributed by atoms with Crippen LogP contribution in [0.3, 0.4) is 0 Å². The molecule has 2 heteroatoms. The van der Waals surface area contributed by atoms with Crippen molar-refractivity contribution in [1.82, 2.24) is 0 Å². The number of rotatable bonds is 2. The number of hydrogen-bond acceptors (Lipinski definition) is 0. The van der Waals surface area contributed by atoms with Gasteiger partial charge in [0.05, 0.1) is 15.1 Å². The summed E-state index contributed by atoms with van der Waals surface area (Å²) >= 11 is 9.18. The summed E-state index contributed by atoms with van der Waals surface area (Å²) < 4.78 is 89.9. The summed E-state index contributed by atoms with van der Waals surface area (Å²) in [7, 11) is 0. The van der Waals surface area contributed by atoms with E-state index in [-0.39, 0.29) is 32.7 Å². The quantitative estimate of drug-likeness (QED) is 0.497. The van der Waals surface area contributed by atoms with Gasteiger partial charge in [-0.05, 0) is 46.4 Å². The smallest absolute Gasteiger partial charge is 0.0645 e. The lowest BCUT2D eigenvalue weighted by Gasteiger charge is -2.07. The van der Waals surface area contributed by atoms with E-state index in [1.807, 2.05) is 0 Å². The van der Waals surface area contributed by atoms with Gasteiger partial charge in [0.1, 0.15) is 0 Å². The van der Waals surface area contributed by atoms with Gasteiger partial charge in [-0.3, -0.25) is 0 Å². The molecule has 0 aromatic heterocycles. The average Bonchev–Trinajstić information content (AvgIpc) is 2.72. The van der Waals surface area contributed by atoms with Gasteiger partial charge < -0.3 is 0 Å². The molecular weight excluding hydrogens is 332 g/mol. The van der Waals surface area contributed by atoms with Crippen molar-refractivity contribution in [3.63, 3.8) is 0 Å². The van der Waals surface area contributed by atoms with Crippen LogP contribution in [0.25, 0.3) is 22.3 Å². The monoisotopic (exact) mass is 353 g/mol. The van der Waals surface area contributed by atoms with E-state index in [9.17, 15) is 0 Å². The van der Waals surface area contributed by atoms with E-state index < -0.39 is 65.5 Å². The molecule has 0 atom stereocenters. The van der Waals surface area contributed by atoms with Gasteiger partial charge in [0.2, 0.25) is 0 Å². The highest BCUT2D eigenvalue weighted by atomic mass is 79.9. The summed E-state index contributed by atoms with van der Waals surface area (Å²) in [4.78, 5) is 0. The van der Waals surface area contributed by atoms with Crippen LogP contribution in [0.5, 0.6) is 0 Å². The Bertz CT molecular complexity index is 1220. The second-order valence-corrected chi connectivity index (χ2v) is 4.98. The second-order valence-electron chi connectivity index (χ2n) is 3.72. The summed E-state index contributed by atoms with van der Waals surface area (Å²) in [6.45, 7) is 0. The molecule has 0 radical (unpaired) electrons. The molecular formula is C18H12BrCl. The molecule has 20 heavy (non-hydrogen) atoms. The fraction of sp³-hybridized carbons (Fsp3) is 0. The standard InChI is InChI=1S/C18H12BrCl/c19-17-10-16(11-18(20)12-17)15-8-4-7-14(9-15)13-5-2-1-3-6-13/h1-12H/i1D,2D,3D,4D,5D,6D,7D,8D,9D,10D,11D. The van der Waals surface area contributed by atoms with Crippen molar-refractivity contribution in [3.05, 3.63) is 82.0 Å². The van der Waals surface area contributed by atoms with Gasteiger partial charge in [0.25, 0.3) is 0 Å². The molecule has 3 rings (SSSR count). The topological polar surface area (TPSA) is 0 Å². The van der Waals surface area contributed by atoms with Crippen LogP contribution in [-0.4, -0.2) is 0 Å². The lowest BCUT2D eigenvalue weighted by Crippen LogP contribution is -1.82. The molecule has 0 saturated heterocycles. The van der Waals surface area contributed by atoms with E-state index >= 15 is 0 Å². The molecule has 0 unspecified atom stereocenters. The van der Waals surface area contributed by atoms with Crippen molar-refractivity contribution in [3.8, 4) is 22.3 Å². The Labute approximate surface area is 147 Å². The van der Waals surface area contributed by atoms with Crippen LogP contribution in [-0.2, 0) is 0 Å². The molecule has 0 spiro atoms. The lowest BCUT2D eigenvalue weighted by atomic mass is 9.99. The zero-order chi connectivity index (χ0) is 23.5. The Morgan fingerprint density at radius 2 is 1.40 bits per heavy atom. The van der Waals surface area contributed by atoms with Gasteiger partial charge in [-0.15, -0.1) is 0 Å². The highest BCUT2D eigenvalue weighted by Gasteiger charge is 2.03. The maximum absolute atomic E-state index is 8.64. The molecule has 0 N–H and O–H groups in total. The van der Waals surface area contributed by atoms with Gasteiger partial charge in [-0.2, -0.15) is 0 Å². The lowest BCUT2D eigenvalue weighted by molar-refractivity contribution is 1.57. The third-order valence-corrected chi connectivity index (χ3v) is 3.00. The first kappa shape index (κ1) is 5.67. The second kappa shape index (κ2) is 5.82. The van der Waals surface area contributed by atoms with E-state index in [4.69, 9.17) is 26.7 Å². The molecule has 0 aliphatic carbocycles. The van der Waals surface area contributed by atoms with Crippen molar-refractivity contribution in [2.24, 2.45) is 0 Å². The fourth-order valence-corrected chi connectivity index (χ4v) is 2.31. The zero-order valence-electron chi connectivity index (χ0n) is 20.8. The Kier molecular flexibility index (Phi) is 1.65. The first-order valence-electron chi connectivity index (χ1n) is 11.0. The summed E-state index contributed by atoms with van der Waals surface area (Å²) in [6.07, 6.45) is 0. The first-order chi connectivity index (χ1) is 14.3. The molecule has 0 nitrogen and oxygen atoms in total. The molecule has 0 heterocycles. The average molecular weight is 355 g/mol. The first-order valence-corrected chi connectivity index (χ1v) is 6.63. The van der Waals surface area contributed by atoms with Gasteiger partial charge >= 0.3 is 0 Å². The fourth-order valence-electron chi connectivity index (χ4n) is 1.55. The maximum Gasteiger partial charge on any atom is 0.0645 e. The van der Waals surface area contributed by atoms with Crippen molar-refractivity contribution in [2.45, 2.75) is 0 Å². The van der Waals surface area contributed by atoms with E-state index in [1.165, 1.54) is 6.07 Å². The predicted molar refractivity (Wildman–Crippen MR) is 90.0 cm³/mol. The molecule has 0 saturated carbocycles. The van der Waals surface area contributed by atoms with Crippen molar-refractivity contribution in [1.29, 1.82) is 0 Å². The minimum absolute atomic E-state index is 0.0810. The van der Waals surface area contributed by atoms with E-state index in [1.54, 1.807) is 0 Å². The van der Waals surface area contributed by atoms with Crippen LogP contribution in [0, 0.1) is 0 Å². The Morgan fingerprint density at radius 3 is 2.15 bits per heavy atom. The largest absolute Gasteiger partial charge is 0.0843 e. The van der Waals surface area contributed by atoms with E-state index in [2.05, 4.69) is 15.9 Å². The van der Waals surface area contributed by atoms with E-state index in [0.717, 1.165) is 0 Å². The molecule has 98 valence electrons.